The lowest BCUT2D eigenvalue weighted by Crippen LogP contribution is -2.24. The maximum atomic E-state index is 10.3. The normalized spacial score (nSPS) is 44.1. The van der Waals surface area contributed by atoms with Crippen molar-refractivity contribution in [2.75, 3.05) is 6.61 Å². The monoisotopic (exact) mass is 174 g/mol. The van der Waals surface area contributed by atoms with E-state index < -0.39 is 5.97 Å². The molecule has 0 aromatic rings. The molecule has 2 fully saturated rings. The second-order valence-electron chi connectivity index (χ2n) is 3.06. The van der Waals surface area contributed by atoms with E-state index in [0.717, 1.165) is 0 Å². The number of carboxylic acids is 1. The third-order valence-electron chi connectivity index (χ3n) is 2.20. The topological polar surface area (TPSA) is 79.3 Å². The number of carbonyl (C=O) groups is 1. The van der Waals surface area contributed by atoms with Crippen LogP contribution in [0, 0.1) is 0 Å². The minimum Gasteiger partial charge on any atom is -0.481 e. The van der Waals surface area contributed by atoms with E-state index in [2.05, 4.69) is 0 Å². The van der Waals surface area contributed by atoms with Gasteiger partial charge in [0.1, 0.15) is 18.3 Å². The summed E-state index contributed by atoms with van der Waals surface area (Å²) in [6.07, 6.45) is -0.904. The molecule has 2 rings (SSSR count). The summed E-state index contributed by atoms with van der Waals surface area (Å²) in [4.78, 5) is 10.3. The van der Waals surface area contributed by atoms with Crippen molar-refractivity contribution < 1.29 is 24.5 Å². The Hall–Kier alpha value is -0.650. The van der Waals surface area contributed by atoms with E-state index in [1.807, 2.05) is 0 Å². The summed E-state index contributed by atoms with van der Waals surface area (Å²) in [6.45, 7) is -0.0999. The number of hydrogen-bond donors (Lipinski definition) is 2. The van der Waals surface area contributed by atoms with Gasteiger partial charge in [-0.3, -0.25) is 4.79 Å². The smallest absolute Gasteiger partial charge is 0.306 e. The predicted molar refractivity (Wildman–Crippen MR) is 36.7 cm³/mol. The van der Waals surface area contributed by atoms with Crippen molar-refractivity contribution in [2.45, 2.75) is 30.8 Å². The first-order valence-corrected chi connectivity index (χ1v) is 3.86. The molecule has 5 heteroatoms. The lowest BCUT2D eigenvalue weighted by atomic mass is 10.1. The molecule has 0 aromatic heterocycles. The average Bonchev–Trinajstić information content (AvgIpc) is 2.71. The summed E-state index contributed by atoms with van der Waals surface area (Å²) in [5.74, 6) is -0.896. The zero-order valence-electron chi connectivity index (χ0n) is 6.34. The molecule has 0 amide bonds. The Kier molecular flexibility index (Phi) is 1.79. The fourth-order valence-corrected chi connectivity index (χ4v) is 1.60. The number of aliphatic carboxylic acids is 1. The molecular formula is C7H10O5. The van der Waals surface area contributed by atoms with Crippen LogP contribution in [0.15, 0.2) is 0 Å². The van der Waals surface area contributed by atoms with E-state index in [0.29, 0.717) is 0 Å². The Bertz CT molecular complexity index is 204. The lowest BCUT2D eigenvalue weighted by Gasteiger charge is -2.13. The van der Waals surface area contributed by atoms with Crippen molar-refractivity contribution in [1.82, 2.24) is 0 Å². The van der Waals surface area contributed by atoms with Gasteiger partial charge in [-0.15, -0.1) is 0 Å². The van der Waals surface area contributed by atoms with Crippen LogP contribution >= 0.6 is 0 Å². The molecule has 2 heterocycles. The highest BCUT2D eigenvalue weighted by Gasteiger charge is 2.57. The Morgan fingerprint density at radius 3 is 2.42 bits per heavy atom. The molecule has 0 spiro atoms. The molecule has 5 nitrogen and oxygen atoms in total. The second kappa shape index (κ2) is 2.69. The van der Waals surface area contributed by atoms with E-state index in [1.165, 1.54) is 0 Å². The summed E-state index contributed by atoms with van der Waals surface area (Å²) in [5.41, 5.74) is 0. The summed E-state index contributed by atoms with van der Waals surface area (Å²) in [5, 5.41) is 17.2. The molecule has 0 aromatic carbocycles. The number of aliphatic hydroxyl groups is 1. The highest BCUT2D eigenvalue weighted by Crippen LogP contribution is 2.40. The third kappa shape index (κ3) is 1.20. The molecule has 0 saturated carbocycles. The van der Waals surface area contributed by atoms with Gasteiger partial charge in [-0.1, -0.05) is 0 Å². The molecule has 2 saturated heterocycles. The van der Waals surface area contributed by atoms with Crippen LogP contribution < -0.4 is 0 Å². The Morgan fingerprint density at radius 1 is 1.25 bits per heavy atom. The number of hydrogen-bond acceptors (Lipinski definition) is 4. The first-order valence-electron chi connectivity index (χ1n) is 3.86. The van der Waals surface area contributed by atoms with E-state index in [4.69, 9.17) is 19.7 Å². The largest absolute Gasteiger partial charge is 0.481 e. The van der Waals surface area contributed by atoms with E-state index >= 15 is 0 Å². The average molecular weight is 174 g/mol. The molecule has 2 N–H and O–H groups in total. The van der Waals surface area contributed by atoms with Gasteiger partial charge in [0.05, 0.1) is 19.1 Å². The number of ether oxygens (including phenoxy) is 2. The minimum absolute atomic E-state index is 0.0440. The SMILES string of the molecule is O=C(O)C[C@@H]1O[C@H](CO)[C@H]2O[C@H]21. The summed E-state index contributed by atoms with van der Waals surface area (Å²) >= 11 is 0. The van der Waals surface area contributed by atoms with Crippen LogP contribution in [0.5, 0.6) is 0 Å². The Balaban J connectivity index is 1.90. The Morgan fingerprint density at radius 2 is 1.92 bits per heavy atom. The molecule has 12 heavy (non-hydrogen) atoms. The maximum absolute atomic E-state index is 10.3. The van der Waals surface area contributed by atoms with Crippen LogP contribution in [-0.4, -0.2) is 47.2 Å². The zero-order valence-corrected chi connectivity index (χ0v) is 6.34. The van der Waals surface area contributed by atoms with E-state index in [1.54, 1.807) is 0 Å². The van der Waals surface area contributed by atoms with Gasteiger partial charge in [-0.05, 0) is 0 Å². The van der Waals surface area contributed by atoms with Gasteiger partial charge in [0.2, 0.25) is 0 Å². The van der Waals surface area contributed by atoms with Crippen molar-refractivity contribution in [3.8, 4) is 0 Å². The molecule has 0 unspecified atom stereocenters. The summed E-state index contributed by atoms with van der Waals surface area (Å²) in [7, 11) is 0. The van der Waals surface area contributed by atoms with Crippen LogP contribution in [0.2, 0.25) is 0 Å². The van der Waals surface area contributed by atoms with Gasteiger partial charge in [0, 0.05) is 0 Å². The van der Waals surface area contributed by atoms with Gasteiger partial charge in [-0.25, -0.2) is 0 Å². The lowest BCUT2D eigenvalue weighted by molar-refractivity contribution is -0.142. The van der Waals surface area contributed by atoms with Gasteiger partial charge in [0.25, 0.3) is 0 Å². The maximum Gasteiger partial charge on any atom is 0.306 e. The zero-order chi connectivity index (χ0) is 8.72. The molecular weight excluding hydrogens is 164 g/mol. The van der Waals surface area contributed by atoms with Crippen LogP contribution in [0.1, 0.15) is 6.42 Å². The van der Waals surface area contributed by atoms with Crippen LogP contribution in [0.3, 0.4) is 0 Å². The standard InChI is InChI=1S/C7H10O5/c8-2-4-7-6(12-7)3(11-4)1-5(9)10/h3-4,6-8H,1-2H2,(H,9,10)/t3-,4+,6-,7+/m0/s1. The fourth-order valence-electron chi connectivity index (χ4n) is 1.60. The number of fused-ring (bicyclic) bond motifs is 1. The number of epoxide rings is 1. The molecule has 4 atom stereocenters. The number of aliphatic hydroxyl groups excluding tert-OH is 1. The number of carboxylic acid groups (broad SMARTS) is 1. The molecule has 0 bridgehead atoms. The van der Waals surface area contributed by atoms with Gasteiger partial charge < -0.3 is 19.7 Å². The van der Waals surface area contributed by atoms with E-state index in [-0.39, 0.29) is 37.4 Å². The number of rotatable bonds is 3. The molecule has 0 aliphatic carbocycles. The predicted octanol–water partition coefficient (Wildman–Crippen LogP) is -1.01. The first kappa shape index (κ1) is 7.97. The quantitative estimate of drug-likeness (QED) is 0.536. The molecule has 68 valence electrons. The van der Waals surface area contributed by atoms with Crippen LogP contribution in [0.25, 0.3) is 0 Å². The van der Waals surface area contributed by atoms with Crippen molar-refractivity contribution in [3.05, 3.63) is 0 Å². The van der Waals surface area contributed by atoms with E-state index in [9.17, 15) is 4.79 Å². The van der Waals surface area contributed by atoms with Crippen LogP contribution in [0.4, 0.5) is 0 Å². The molecule has 2 aliphatic heterocycles. The van der Waals surface area contributed by atoms with Crippen molar-refractivity contribution in [3.63, 3.8) is 0 Å². The summed E-state index contributed by atoms with van der Waals surface area (Å²) in [6, 6.07) is 0. The van der Waals surface area contributed by atoms with Crippen molar-refractivity contribution in [2.24, 2.45) is 0 Å². The Labute approximate surface area is 68.9 Å². The second-order valence-corrected chi connectivity index (χ2v) is 3.06. The summed E-state index contributed by atoms with van der Waals surface area (Å²) < 4.78 is 10.3. The highest BCUT2D eigenvalue weighted by atomic mass is 16.7. The fraction of sp³-hybridized carbons (Fsp3) is 0.857. The molecule has 2 aliphatic rings. The highest BCUT2D eigenvalue weighted by molar-refractivity contribution is 5.67. The minimum atomic E-state index is -0.896. The molecule has 0 radical (unpaired) electrons. The van der Waals surface area contributed by atoms with Crippen molar-refractivity contribution >= 4 is 5.97 Å². The third-order valence-corrected chi connectivity index (χ3v) is 2.20. The first-order chi connectivity index (χ1) is 5.72. The van der Waals surface area contributed by atoms with Gasteiger partial charge in [-0.2, -0.15) is 0 Å². The van der Waals surface area contributed by atoms with Gasteiger partial charge in [0.15, 0.2) is 0 Å². The van der Waals surface area contributed by atoms with Crippen molar-refractivity contribution in [1.29, 1.82) is 0 Å². The van der Waals surface area contributed by atoms with Crippen LogP contribution in [-0.2, 0) is 14.3 Å². The van der Waals surface area contributed by atoms with Gasteiger partial charge >= 0.3 is 5.97 Å².